The van der Waals surface area contributed by atoms with E-state index in [0.29, 0.717) is 23.7 Å². The molecule has 0 radical (unpaired) electrons. The molecule has 0 heterocycles. The number of hydrogen-bond acceptors (Lipinski definition) is 4. The van der Waals surface area contributed by atoms with Gasteiger partial charge in [-0.25, -0.2) is 8.42 Å². The quantitative estimate of drug-likeness (QED) is 0.238. The molecule has 2 amide bonds. The van der Waals surface area contributed by atoms with Crippen molar-refractivity contribution in [2.24, 2.45) is 0 Å². The average Bonchev–Trinajstić information content (AvgIpc) is 2.94. The number of rotatable bonds is 13. The van der Waals surface area contributed by atoms with Crippen molar-refractivity contribution in [1.29, 1.82) is 0 Å². The standard InChI is InChI=1S/C32H40ClN3O4S/c1-6-8-19-34-32(38)30(7-2)35(21-26-12-14-27(33)15-13-26)31(37)22-36(28-16-11-24(4)25(5)20-28)41(39,40)29-17-9-23(3)10-18-29/h9-18,20,30H,6-8,19,21-22H2,1-5H3,(H,34,38)/t30-/m0/s1. The Bertz CT molecular complexity index is 1440. The summed E-state index contributed by atoms with van der Waals surface area (Å²) in [6.07, 6.45) is 2.11. The number of unbranched alkanes of at least 4 members (excludes halogenated alkanes) is 1. The molecule has 3 aromatic carbocycles. The van der Waals surface area contributed by atoms with Gasteiger partial charge in [-0.1, -0.05) is 67.8 Å². The fourth-order valence-electron chi connectivity index (χ4n) is 4.46. The van der Waals surface area contributed by atoms with E-state index in [4.69, 9.17) is 11.6 Å². The number of anilines is 1. The number of aryl methyl sites for hydroxylation is 3. The van der Waals surface area contributed by atoms with Crippen LogP contribution < -0.4 is 9.62 Å². The molecule has 0 fully saturated rings. The SMILES string of the molecule is CCCCNC(=O)[C@H](CC)N(Cc1ccc(Cl)cc1)C(=O)CN(c1ccc(C)c(C)c1)S(=O)(=O)c1ccc(C)cc1. The van der Waals surface area contributed by atoms with Crippen LogP contribution >= 0.6 is 11.6 Å². The molecule has 0 bridgehead atoms. The van der Waals surface area contributed by atoms with Crippen LogP contribution in [0, 0.1) is 20.8 Å². The zero-order valence-electron chi connectivity index (χ0n) is 24.5. The maximum atomic E-state index is 14.1. The molecule has 1 atom stereocenters. The predicted molar refractivity (Wildman–Crippen MR) is 166 cm³/mol. The highest BCUT2D eigenvalue weighted by Gasteiger charge is 2.33. The monoisotopic (exact) mass is 597 g/mol. The third kappa shape index (κ3) is 8.33. The van der Waals surface area contributed by atoms with E-state index >= 15 is 0 Å². The Hall–Kier alpha value is -3.36. The first-order valence-corrected chi connectivity index (χ1v) is 15.8. The molecule has 3 aromatic rings. The molecule has 7 nitrogen and oxygen atoms in total. The van der Waals surface area contributed by atoms with Crippen molar-refractivity contribution in [2.45, 2.75) is 71.4 Å². The van der Waals surface area contributed by atoms with Crippen molar-refractivity contribution in [1.82, 2.24) is 10.2 Å². The van der Waals surface area contributed by atoms with Gasteiger partial charge in [-0.05, 0) is 86.7 Å². The first-order chi connectivity index (χ1) is 19.5. The van der Waals surface area contributed by atoms with Crippen LogP contribution in [0.2, 0.25) is 5.02 Å². The van der Waals surface area contributed by atoms with Crippen LogP contribution in [0.5, 0.6) is 0 Å². The molecule has 0 spiro atoms. The minimum absolute atomic E-state index is 0.0859. The lowest BCUT2D eigenvalue weighted by Crippen LogP contribution is -2.52. The van der Waals surface area contributed by atoms with Gasteiger partial charge in [-0.2, -0.15) is 0 Å². The van der Waals surface area contributed by atoms with Crippen molar-refractivity contribution in [2.75, 3.05) is 17.4 Å². The van der Waals surface area contributed by atoms with Gasteiger partial charge >= 0.3 is 0 Å². The number of sulfonamides is 1. The molecule has 9 heteroatoms. The summed E-state index contributed by atoms with van der Waals surface area (Å²) < 4.78 is 29.1. The summed E-state index contributed by atoms with van der Waals surface area (Å²) in [5.41, 5.74) is 3.99. The minimum Gasteiger partial charge on any atom is -0.354 e. The zero-order valence-corrected chi connectivity index (χ0v) is 26.1. The number of nitrogens with one attached hydrogen (secondary N) is 1. The second-order valence-corrected chi connectivity index (χ2v) is 12.6. The van der Waals surface area contributed by atoms with E-state index in [9.17, 15) is 18.0 Å². The molecule has 3 rings (SSSR count). The van der Waals surface area contributed by atoms with Crippen LogP contribution in [0.25, 0.3) is 0 Å². The van der Waals surface area contributed by atoms with Crippen molar-refractivity contribution in [3.63, 3.8) is 0 Å². The van der Waals surface area contributed by atoms with Gasteiger partial charge in [-0.3, -0.25) is 13.9 Å². The van der Waals surface area contributed by atoms with Crippen LogP contribution in [0.3, 0.4) is 0 Å². The molecule has 0 saturated carbocycles. The van der Waals surface area contributed by atoms with Gasteiger partial charge in [0.2, 0.25) is 11.8 Å². The fourth-order valence-corrected chi connectivity index (χ4v) is 5.99. The van der Waals surface area contributed by atoms with E-state index in [1.165, 1.54) is 4.90 Å². The lowest BCUT2D eigenvalue weighted by atomic mass is 10.1. The number of benzene rings is 3. The number of nitrogens with zero attached hydrogens (tertiary/aromatic N) is 2. The van der Waals surface area contributed by atoms with Crippen LogP contribution in [0.15, 0.2) is 71.6 Å². The number of halogens is 1. The number of carbonyl (C=O) groups is 2. The van der Waals surface area contributed by atoms with Gasteiger partial charge in [0, 0.05) is 18.1 Å². The lowest BCUT2D eigenvalue weighted by molar-refractivity contribution is -0.140. The summed E-state index contributed by atoms with van der Waals surface area (Å²) >= 11 is 6.08. The number of amides is 2. The Morgan fingerprint density at radius 2 is 1.56 bits per heavy atom. The largest absolute Gasteiger partial charge is 0.354 e. The molecule has 0 aliphatic heterocycles. The molecule has 0 aliphatic rings. The Balaban J connectivity index is 2.05. The van der Waals surface area contributed by atoms with Crippen LogP contribution in [0.4, 0.5) is 5.69 Å². The summed E-state index contributed by atoms with van der Waals surface area (Å²) in [4.78, 5) is 29.0. The maximum Gasteiger partial charge on any atom is 0.264 e. The highest BCUT2D eigenvalue weighted by molar-refractivity contribution is 7.92. The van der Waals surface area contributed by atoms with Crippen molar-refractivity contribution < 1.29 is 18.0 Å². The molecule has 0 aliphatic carbocycles. The van der Waals surface area contributed by atoms with Crippen molar-refractivity contribution >= 4 is 39.1 Å². The van der Waals surface area contributed by atoms with Crippen LogP contribution in [0.1, 0.15) is 55.4 Å². The van der Waals surface area contributed by atoms with Gasteiger partial charge in [-0.15, -0.1) is 0 Å². The molecular formula is C32H40ClN3O4S. The summed E-state index contributed by atoms with van der Waals surface area (Å²) in [6.45, 7) is 9.77. The first kappa shape index (κ1) is 32.2. The van der Waals surface area contributed by atoms with Gasteiger partial charge in [0.05, 0.1) is 10.6 Å². The predicted octanol–water partition coefficient (Wildman–Crippen LogP) is 6.18. The van der Waals surface area contributed by atoms with Gasteiger partial charge in [0.25, 0.3) is 10.0 Å². The summed E-state index contributed by atoms with van der Waals surface area (Å²) in [5.74, 6) is -0.742. The smallest absolute Gasteiger partial charge is 0.264 e. The molecule has 1 N–H and O–H groups in total. The van der Waals surface area contributed by atoms with Gasteiger partial charge < -0.3 is 10.2 Å². The summed E-state index contributed by atoms with van der Waals surface area (Å²) in [6, 6.07) is 18.1. The topological polar surface area (TPSA) is 86.8 Å². The molecule has 0 unspecified atom stereocenters. The van der Waals surface area contributed by atoms with E-state index in [0.717, 1.165) is 39.4 Å². The third-order valence-corrected chi connectivity index (χ3v) is 9.19. The van der Waals surface area contributed by atoms with Crippen molar-refractivity contribution in [3.8, 4) is 0 Å². The molecular weight excluding hydrogens is 558 g/mol. The van der Waals surface area contributed by atoms with Gasteiger partial charge in [0.15, 0.2) is 0 Å². The van der Waals surface area contributed by atoms with E-state index in [1.54, 1.807) is 60.7 Å². The highest BCUT2D eigenvalue weighted by atomic mass is 35.5. The fraction of sp³-hybridized carbons (Fsp3) is 0.375. The van der Waals surface area contributed by atoms with Crippen LogP contribution in [-0.2, 0) is 26.2 Å². The Kier molecular flexibility index (Phi) is 11.4. The minimum atomic E-state index is -4.11. The normalized spacial score (nSPS) is 12.0. The zero-order chi connectivity index (χ0) is 30.2. The Morgan fingerprint density at radius 1 is 0.902 bits per heavy atom. The third-order valence-electron chi connectivity index (χ3n) is 7.15. The molecule has 220 valence electrons. The molecule has 41 heavy (non-hydrogen) atoms. The van der Waals surface area contributed by atoms with E-state index in [-0.39, 0.29) is 17.3 Å². The molecule has 0 saturated heterocycles. The van der Waals surface area contributed by atoms with Gasteiger partial charge in [0.1, 0.15) is 12.6 Å². The van der Waals surface area contributed by atoms with Crippen LogP contribution in [-0.4, -0.2) is 44.3 Å². The number of hydrogen-bond donors (Lipinski definition) is 1. The number of carbonyl (C=O) groups excluding carboxylic acids is 2. The summed E-state index contributed by atoms with van der Waals surface area (Å²) in [5, 5.41) is 3.50. The molecule has 0 aromatic heterocycles. The highest BCUT2D eigenvalue weighted by Crippen LogP contribution is 2.27. The maximum absolute atomic E-state index is 14.1. The lowest BCUT2D eigenvalue weighted by Gasteiger charge is -2.33. The Morgan fingerprint density at radius 3 is 2.15 bits per heavy atom. The van der Waals surface area contributed by atoms with E-state index in [1.807, 2.05) is 40.7 Å². The van der Waals surface area contributed by atoms with Crippen molar-refractivity contribution in [3.05, 3.63) is 94.0 Å². The second-order valence-electron chi connectivity index (χ2n) is 10.3. The van der Waals surface area contributed by atoms with E-state index in [2.05, 4.69) is 5.32 Å². The summed E-state index contributed by atoms with van der Waals surface area (Å²) in [7, 11) is -4.11. The second kappa shape index (κ2) is 14.5. The first-order valence-electron chi connectivity index (χ1n) is 14.0. The average molecular weight is 598 g/mol. The Labute approximate surface area is 249 Å². The van der Waals surface area contributed by atoms with E-state index < -0.39 is 28.5 Å².